The first-order chi connectivity index (χ1) is 16.4. The fourth-order valence-corrected chi connectivity index (χ4v) is 5.20. The van der Waals surface area contributed by atoms with Gasteiger partial charge in [0.25, 0.3) is 0 Å². The summed E-state index contributed by atoms with van der Waals surface area (Å²) >= 11 is 0. The number of nitrogens with zero attached hydrogens (tertiary/aromatic N) is 3. The van der Waals surface area contributed by atoms with Gasteiger partial charge in [-0.25, -0.2) is 9.97 Å². The van der Waals surface area contributed by atoms with Gasteiger partial charge in [0.1, 0.15) is 22.9 Å². The molecule has 0 aliphatic heterocycles. The van der Waals surface area contributed by atoms with E-state index in [0.717, 1.165) is 33.4 Å². The SMILES string of the molecule is C[C@]1(O)C[C@@H](c2nc(-c3ccc(C(=O)c4ccccc4)c4ccccc34)c3c(N)nccn32)C1. The maximum Gasteiger partial charge on any atom is 0.193 e. The van der Waals surface area contributed by atoms with E-state index in [-0.39, 0.29) is 11.7 Å². The maximum absolute atomic E-state index is 13.3. The molecule has 34 heavy (non-hydrogen) atoms. The molecule has 3 N–H and O–H groups in total. The number of imidazole rings is 1. The van der Waals surface area contributed by atoms with Crippen LogP contribution in [0.1, 0.15) is 47.4 Å². The molecule has 0 saturated heterocycles. The predicted molar refractivity (Wildman–Crippen MR) is 133 cm³/mol. The minimum absolute atomic E-state index is 0.0170. The molecule has 1 fully saturated rings. The summed E-state index contributed by atoms with van der Waals surface area (Å²) in [6.07, 6.45) is 4.85. The molecular formula is C28H24N4O2. The third kappa shape index (κ3) is 3.18. The van der Waals surface area contributed by atoms with Crippen LogP contribution in [-0.2, 0) is 0 Å². The summed E-state index contributed by atoms with van der Waals surface area (Å²) in [4.78, 5) is 22.7. The lowest BCUT2D eigenvalue weighted by Crippen LogP contribution is -2.40. The first-order valence-corrected chi connectivity index (χ1v) is 11.4. The van der Waals surface area contributed by atoms with Crippen molar-refractivity contribution in [3.63, 3.8) is 0 Å². The predicted octanol–water partition coefficient (Wildman–Crippen LogP) is 4.99. The Kier molecular flexibility index (Phi) is 4.54. The zero-order valence-electron chi connectivity index (χ0n) is 18.8. The summed E-state index contributed by atoms with van der Waals surface area (Å²) in [5, 5.41) is 12.1. The lowest BCUT2D eigenvalue weighted by Gasteiger charge is -2.40. The van der Waals surface area contributed by atoms with Crippen molar-refractivity contribution in [1.29, 1.82) is 0 Å². The van der Waals surface area contributed by atoms with Gasteiger partial charge in [-0.15, -0.1) is 0 Å². The smallest absolute Gasteiger partial charge is 0.193 e. The molecule has 3 aromatic carbocycles. The monoisotopic (exact) mass is 448 g/mol. The number of rotatable bonds is 4. The van der Waals surface area contributed by atoms with Crippen LogP contribution in [-0.4, -0.2) is 30.9 Å². The van der Waals surface area contributed by atoms with Crippen molar-refractivity contribution in [2.75, 3.05) is 5.73 Å². The second-order valence-electron chi connectivity index (χ2n) is 9.35. The third-order valence-corrected chi connectivity index (χ3v) is 6.81. The molecule has 6 heteroatoms. The molecule has 0 amide bonds. The highest BCUT2D eigenvalue weighted by Gasteiger charge is 2.41. The lowest BCUT2D eigenvalue weighted by atomic mass is 9.72. The molecule has 2 aromatic heterocycles. The lowest BCUT2D eigenvalue weighted by molar-refractivity contribution is -0.0335. The number of hydrogen-bond acceptors (Lipinski definition) is 5. The number of carbonyl (C=O) groups is 1. The number of aliphatic hydroxyl groups is 1. The van der Waals surface area contributed by atoms with Gasteiger partial charge >= 0.3 is 0 Å². The van der Waals surface area contributed by atoms with Gasteiger partial charge in [0.2, 0.25) is 0 Å². The van der Waals surface area contributed by atoms with Gasteiger partial charge in [-0.2, -0.15) is 0 Å². The number of nitrogen functional groups attached to an aromatic ring is 1. The van der Waals surface area contributed by atoms with Crippen LogP contribution in [0, 0.1) is 0 Å². The molecule has 0 bridgehead atoms. The molecule has 6 nitrogen and oxygen atoms in total. The number of ketones is 1. The first-order valence-electron chi connectivity index (χ1n) is 11.4. The van der Waals surface area contributed by atoms with Crippen LogP contribution in [0.2, 0.25) is 0 Å². The van der Waals surface area contributed by atoms with E-state index in [9.17, 15) is 9.90 Å². The molecule has 1 aliphatic carbocycles. The minimum Gasteiger partial charge on any atom is -0.390 e. The Bertz CT molecular complexity index is 1560. The van der Waals surface area contributed by atoms with E-state index in [1.807, 2.05) is 84.3 Å². The number of benzene rings is 3. The molecule has 0 unspecified atom stereocenters. The van der Waals surface area contributed by atoms with Crippen LogP contribution < -0.4 is 5.73 Å². The van der Waals surface area contributed by atoms with Crippen LogP contribution in [0.3, 0.4) is 0 Å². The Morgan fingerprint density at radius 1 is 1.03 bits per heavy atom. The highest BCUT2D eigenvalue weighted by atomic mass is 16.3. The second kappa shape index (κ2) is 7.50. The van der Waals surface area contributed by atoms with E-state index >= 15 is 0 Å². The molecule has 168 valence electrons. The van der Waals surface area contributed by atoms with Gasteiger partial charge in [-0.3, -0.25) is 9.20 Å². The summed E-state index contributed by atoms with van der Waals surface area (Å²) in [6.45, 7) is 1.85. The number of aromatic nitrogens is 3. The zero-order chi connectivity index (χ0) is 23.4. The van der Waals surface area contributed by atoms with Crippen molar-refractivity contribution >= 4 is 27.9 Å². The zero-order valence-corrected chi connectivity index (χ0v) is 18.8. The summed E-state index contributed by atoms with van der Waals surface area (Å²) in [5.41, 5.74) is 9.36. The molecule has 0 radical (unpaired) electrons. The highest BCUT2D eigenvalue weighted by Crippen LogP contribution is 2.46. The summed E-state index contributed by atoms with van der Waals surface area (Å²) in [7, 11) is 0. The minimum atomic E-state index is -0.665. The molecule has 6 rings (SSSR count). The normalized spacial score (nSPS) is 19.9. The van der Waals surface area contributed by atoms with Crippen molar-refractivity contribution in [2.24, 2.45) is 0 Å². The molecule has 2 heterocycles. The summed E-state index contributed by atoms with van der Waals surface area (Å²) in [5.74, 6) is 1.40. The van der Waals surface area contributed by atoms with Crippen molar-refractivity contribution in [2.45, 2.75) is 31.3 Å². The average molecular weight is 449 g/mol. The number of anilines is 1. The number of carbonyl (C=O) groups excluding carboxylic acids is 1. The Morgan fingerprint density at radius 2 is 1.74 bits per heavy atom. The van der Waals surface area contributed by atoms with Crippen LogP contribution in [0.15, 0.2) is 79.1 Å². The molecule has 1 aliphatic rings. The van der Waals surface area contributed by atoms with Gasteiger partial charge in [-0.05, 0) is 36.6 Å². The van der Waals surface area contributed by atoms with Crippen molar-refractivity contribution in [3.8, 4) is 11.3 Å². The number of fused-ring (bicyclic) bond motifs is 2. The van der Waals surface area contributed by atoms with Crippen LogP contribution in [0.4, 0.5) is 5.82 Å². The van der Waals surface area contributed by atoms with Crippen LogP contribution in [0.5, 0.6) is 0 Å². The quantitative estimate of drug-likeness (QED) is 0.378. The summed E-state index contributed by atoms with van der Waals surface area (Å²) in [6, 6.07) is 21.0. The highest BCUT2D eigenvalue weighted by molar-refractivity contribution is 6.18. The topological polar surface area (TPSA) is 93.5 Å². The molecule has 5 aromatic rings. The van der Waals surface area contributed by atoms with Gasteiger partial charge in [0.05, 0.1) is 5.60 Å². The van der Waals surface area contributed by atoms with E-state index in [4.69, 9.17) is 10.7 Å². The average Bonchev–Trinajstić information content (AvgIpc) is 3.22. The third-order valence-electron chi connectivity index (χ3n) is 6.81. The van der Waals surface area contributed by atoms with Crippen molar-refractivity contribution < 1.29 is 9.90 Å². The standard InChI is InChI=1S/C28H24N4O2/c1-28(34)15-18(16-28)27-31-23(24-26(29)30-13-14-32(24)27)21-11-12-22(20-10-6-5-9-19(20)21)25(33)17-7-3-2-4-8-17/h2-14,18,34H,15-16H2,1H3,(H2,29,30)/t18-,28+. The fourth-order valence-electron chi connectivity index (χ4n) is 5.20. The van der Waals surface area contributed by atoms with Gasteiger partial charge in [-0.1, -0.05) is 60.7 Å². The fraction of sp³-hybridized carbons (Fsp3) is 0.179. The Balaban J connectivity index is 1.56. The first kappa shape index (κ1) is 20.6. The Hall–Kier alpha value is -4.03. The number of hydrogen-bond donors (Lipinski definition) is 2. The Morgan fingerprint density at radius 3 is 2.47 bits per heavy atom. The summed E-state index contributed by atoms with van der Waals surface area (Å²) < 4.78 is 2.00. The molecular weight excluding hydrogens is 424 g/mol. The van der Waals surface area contributed by atoms with Gasteiger partial charge < -0.3 is 10.8 Å². The molecule has 1 saturated carbocycles. The van der Waals surface area contributed by atoms with Crippen LogP contribution >= 0.6 is 0 Å². The van der Waals surface area contributed by atoms with E-state index in [1.165, 1.54) is 0 Å². The van der Waals surface area contributed by atoms with Gasteiger partial charge in [0.15, 0.2) is 5.78 Å². The van der Waals surface area contributed by atoms with E-state index in [2.05, 4.69) is 4.98 Å². The van der Waals surface area contributed by atoms with Gasteiger partial charge in [0, 0.05) is 35.0 Å². The maximum atomic E-state index is 13.3. The molecule has 0 atom stereocenters. The Labute approximate surface area is 196 Å². The van der Waals surface area contributed by atoms with Crippen molar-refractivity contribution in [3.05, 3.63) is 96.1 Å². The van der Waals surface area contributed by atoms with Crippen LogP contribution in [0.25, 0.3) is 27.5 Å². The largest absolute Gasteiger partial charge is 0.390 e. The molecule has 0 spiro atoms. The van der Waals surface area contributed by atoms with Crippen molar-refractivity contribution in [1.82, 2.24) is 14.4 Å². The van der Waals surface area contributed by atoms with E-state index in [1.54, 1.807) is 6.20 Å². The number of nitrogens with two attached hydrogens (primary N) is 1. The second-order valence-corrected chi connectivity index (χ2v) is 9.35. The van der Waals surface area contributed by atoms with E-state index < -0.39 is 5.60 Å². The van der Waals surface area contributed by atoms with E-state index in [0.29, 0.717) is 29.8 Å².